The highest BCUT2D eigenvalue weighted by molar-refractivity contribution is 5.94. The normalized spacial score (nSPS) is 12.8. The monoisotopic (exact) mass is 349 g/mol. The molecule has 4 nitrogen and oxygen atoms in total. The molecule has 0 heterocycles. The largest absolute Gasteiger partial charge is 0.491 e. The third-order valence-electron chi connectivity index (χ3n) is 3.66. The van der Waals surface area contributed by atoms with E-state index in [1.54, 1.807) is 24.3 Å². The van der Waals surface area contributed by atoms with Gasteiger partial charge in [-0.3, -0.25) is 4.79 Å². The molecule has 2 atom stereocenters. The van der Waals surface area contributed by atoms with E-state index in [1.807, 2.05) is 18.2 Å². The first-order valence-corrected chi connectivity index (χ1v) is 7.76. The lowest BCUT2D eigenvalue weighted by molar-refractivity contribution is 0.101. The molecule has 0 spiro atoms. The zero-order valence-electron chi connectivity index (χ0n) is 13.9. The number of carbonyl (C=O) groups excluding carboxylic acids is 1. The predicted octanol–water partition coefficient (Wildman–Crippen LogP) is 3.40. The van der Waals surface area contributed by atoms with Crippen molar-refractivity contribution >= 4 is 18.2 Å². The summed E-state index contributed by atoms with van der Waals surface area (Å²) in [5, 5.41) is 13.3. The molecule has 2 rings (SSSR count). The molecule has 0 fully saturated rings. The topological polar surface area (TPSA) is 58.6 Å². The first-order valence-electron chi connectivity index (χ1n) is 7.76. The highest BCUT2D eigenvalue weighted by Crippen LogP contribution is 2.13. The molecular formula is C19H24ClNO3. The maximum atomic E-state index is 11.2. The van der Waals surface area contributed by atoms with Gasteiger partial charge in [-0.1, -0.05) is 30.3 Å². The minimum absolute atomic E-state index is 0. The molecule has 5 heteroatoms. The molecule has 2 N–H and O–H groups in total. The number of rotatable bonds is 8. The number of hydrogen-bond donors (Lipinski definition) is 2. The van der Waals surface area contributed by atoms with Crippen LogP contribution in [0.15, 0.2) is 54.6 Å². The molecule has 2 aromatic carbocycles. The van der Waals surface area contributed by atoms with E-state index in [4.69, 9.17) is 4.74 Å². The molecular weight excluding hydrogens is 326 g/mol. The van der Waals surface area contributed by atoms with Crippen LogP contribution >= 0.6 is 12.4 Å². The molecule has 24 heavy (non-hydrogen) atoms. The molecule has 130 valence electrons. The third-order valence-corrected chi connectivity index (χ3v) is 3.66. The average Bonchev–Trinajstić information content (AvgIpc) is 2.59. The van der Waals surface area contributed by atoms with E-state index in [2.05, 4.69) is 24.4 Å². The molecule has 0 aliphatic rings. The second-order valence-corrected chi connectivity index (χ2v) is 5.59. The van der Waals surface area contributed by atoms with Crippen LogP contribution in [-0.4, -0.2) is 30.1 Å². The van der Waals surface area contributed by atoms with Crippen molar-refractivity contribution in [2.24, 2.45) is 0 Å². The number of halogens is 1. The second kappa shape index (κ2) is 10.1. The van der Waals surface area contributed by atoms with E-state index >= 15 is 0 Å². The van der Waals surface area contributed by atoms with Crippen LogP contribution in [0.4, 0.5) is 0 Å². The van der Waals surface area contributed by atoms with Crippen molar-refractivity contribution in [3.05, 3.63) is 65.7 Å². The molecule has 0 radical (unpaired) electrons. The van der Waals surface area contributed by atoms with Gasteiger partial charge in [0.2, 0.25) is 0 Å². The molecule has 0 aliphatic heterocycles. The maximum Gasteiger partial charge on any atom is 0.159 e. The van der Waals surface area contributed by atoms with Crippen LogP contribution in [0.1, 0.15) is 35.8 Å². The Kier molecular flexibility index (Phi) is 8.47. The van der Waals surface area contributed by atoms with Gasteiger partial charge in [-0.25, -0.2) is 0 Å². The lowest BCUT2D eigenvalue weighted by Crippen LogP contribution is -2.33. The zero-order chi connectivity index (χ0) is 16.7. The highest BCUT2D eigenvalue weighted by atomic mass is 35.5. The molecule has 0 saturated carbocycles. The molecule has 0 bridgehead atoms. The number of Topliss-reactive ketones (excluding diaryl/α,β-unsaturated/α-hetero) is 1. The number of ether oxygens (including phenoxy) is 1. The number of nitrogens with one attached hydrogen (secondary N) is 1. The van der Waals surface area contributed by atoms with Crippen LogP contribution in [0, 0.1) is 0 Å². The molecule has 2 unspecified atom stereocenters. The second-order valence-electron chi connectivity index (χ2n) is 5.59. The fourth-order valence-electron chi connectivity index (χ4n) is 2.21. The van der Waals surface area contributed by atoms with Crippen LogP contribution < -0.4 is 10.1 Å². The van der Waals surface area contributed by atoms with Gasteiger partial charge in [0, 0.05) is 18.2 Å². The zero-order valence-corrected chi connectivity index (χ0v) is 14.8. The molecule has 0 amide bonds. The summed E-state index contributed by atoms with van der Waals surface area (Å²) in [6.45, 7) is 4.23. The van der Waals surface area contributed by atoms with E-state index < -0.39 is 6.10 Å². The summed E-state index contributed by atoms with van der Waals surface area (Å²) in [6, 6.07) is 17.2. The van der Waals surface area contributed by atoms with Crippen LogP contribution in [0.2, 0.25) is 0 Å². The van der Waals surface area contributed by atoms with Crippen molar-refractivity contribution in [2.45, 2.75) is 26.0 Å². The van der Waals surface area contributed by atoms with Crippen molar-refractivity contribution in [3.63, 3.8) is 0 Å². The van der Waals surface area contributed by atoms with Crippen LogP contribution in [0.5, 0.6) is 5.75 Å². The Morgan fingerprint density at radius 2 is 1.75 bits per heavy atom. The quantitative estimate of drug-likeness (QED) is 0.717. The van der Waals surface area contributed by atoms with Crippen molar-refractivity contribution in [1.82, 2.24) is 5.32 Å². The van der Waals surface area contributed by atoms with E-state index in [1.165, 1.54) is 12.5 Å². The first kappa shape index (κ1) is 20.2. The lowest BCUT2D eigenvalue weighted by atomic mass is 10.1. The third kappa shape index (κ3) is 6.32. The molecule has 0 aliphatic carbocycles. The fourth-order valence-corrected chi connectivity index (χ4v) is 2.21. The van der Waals surface area contributed by atoms with Crippen molar-refractivity contribution < 1.29 is 14.6 Å². The summed E-state index contributed by atoms with van der Waals surface area (Å²) in [4.78, 5) is 11.2. The summed E-state index contributed by atoms with van der Waals surface area (Å²) in [5.41, 5.74) is 1.83. The summed E-state index contributed by atoms with van der Waals surface area (Å²) in [7, 11) is 0. The standard InChI is InChI=1S/C19H23NO3.ClH/c1-14(16-6-4-3-5-7-16)20-12-18(22)13-23-19-10-8-17(9-11-19)15(2)21;/h3-11,14,18,20,22H,12-13H2,1-2H3;1H. The number of ketones is 1. The minimum atomic E-state index is -0.603. The van der Waals surface area contributed by atoms with Gasteiger partial charge in [0.05, 0.1) is 0 Å². The van der Waals surface area contributed by atoms with Gasteiger partial charge in [0.1, 0.15) is 18.5 Å². The molecule has 0 saturated heterocycles. The summed E-state index contributed by atoms with van der Waals surface area (Å²) in [6.07, 6.45) is -0.603. The van der Waals surface area contributed by atoms with Crippen LogP contribution in [-0.2, 0) is 0 Å². The van der Waals surface area contributed by atoms with E-state index in [0.717, 1.165) is 0 Å². The Hall–Kier alpha value is -1.88. The van der Waals surface area contributed by atoms with Crippen LogP contribution in [0.3, 0.4) is 0 Å². The summed E-state index contributed by atoms with van der Waals surface area (Å²) >= 11 is 0. The van der Waals surface area contributed by atoms with Crippen molar-refractivity contribution in [1.29, 1.82) is 0 Å². The van der Waals surface area contributed by atoms with Gasteiger partial charge in [-0.2, -0.15) is 0 Å². The number of benzene rings is 2. The average molecular weight is 350 g/mol. The van der Waals surface area contributed by atoms with E-state index in [0.29, 0.717) is 17.9 Å². The Labute approximate surface area is 149 Å². The van der Waals surface area contributed by atoms with Crippen molar-refractivity contribution in [3.8, 4) is 5.75 Å². The Bertz CT molecular complexity index is 616. The maximum absolute atomic E-state index is 11.2. The van der Waals surface area contributed by atoms with E-state index in [-0.39, 0.29) is 30.8 Å². The smallest absolute Gasteiger partial charge is 0.159 e. The highest BCUT2D eigenvalue weighted by Gasteiger charge is 2.09. The van der Waals surface area contributed by atoms with Gasteiger partial charge in [-0.05, 0) is 43.7 Å². The number of carbonyl (C=O) groups is 1. The Morgan fingerprint density at radius 1 is 1.12 bits per heavy atom. The number of aliphatic hydroxyl groups excluding tert-OH is 1. The SMILES string of the molecule is CC(=O)c1ccc(OCC(O)CNC(C)c2ccccc2)cc1.Cl. The van der Waals surface area contributed by atoms with Gasteiger partial charge >= 0.3 is 0 Å². The summed E-state index contributed by atoms with van der Waals surface area (Å²) < 4.78 is 5.54. The number of hydrogen-bond acceptors (Lipinski definition) is 4. The van der Waals surface area contributed by atoms with Crippen molar-refractivity contribution in [2.75, 3.05) is 13.2 Å². The van der Waals surface area contributed by atoms with Gasteiger partial charge < -0.3 is 15.2 Å². The summed E-state index contributed by atoms with van der Waals surface area (Å²) in [5.74, 6) is 0.667. The Balaban J connectivity index is 0.00000288. The fraction of sp³-hybridized carbons (Fsp3) is 0.316. The van der Waals surface area contributed by atoms with Gasteiger partial charge in [0.25, 0.3) is 0 Å². The Morgan fingerprint density at radius 3 is 2.33 bits per heavy atom. The van der Waals surface area contributed by atoms with Gasteiger partial charge in [0.15, 0.2) is 5.78 Å². The first-order chi connectivity index (χ1) is 11.1. The van der Waals surface area contributed by atoms with Gasteiger partial charge in [-0.15, -0.1) is 12.4 Å². The molecule has 0 aromatic heterocycles. The number of aliphatic hydroxyl groups is 1. The van der Waals surface area contributed by atoms with Crippen LogP contribution in [0.25, 0.3) is 0 Å². The minimum Gasteiger partial charge on any atom is -0.491 e. The van der Waals surface area contributed by atoms with E-state index in [9.17, 15) is 9.90 Å². The molecule has 2 aromatic rings. The lowest BCUT2D eigenvalue weighted by Gasteiger charge is -2.18. The predicted molar refractivity (Wildman–Crippen MR) is 98.1 cm³/mol.